The zero-order valence-corrected chi connectivity index (χ0v) is 12.0. The van der Waals surface area contributed by atoms with Gasteiger partial charge in [0.1, 0.15) is 12.0 Å². The van der Waals surface area contributed by atoms with Crippen molar-refractivity contribution in [3.63, 3.8) is 0 Å². The minimum absolute atomic E-state index is 0.0117. The van der Waals surface area contributed by atoms with Crippen molar-refractivity contribution in [3.05, 3.63) is 36.4 Å². The van der Waals surface area contributed by atoms with Gasteiger partial charge in [0, 0.05) is 24.2 Å². The van der Waals surface area contributed by atoms with Crippen molar-refractivity contribution in [1.82, 2.24) is 4.98 Å². The molecule has 3 N–H and O–H groups in total. The summed E-state index contributed by atoms with van der Waals surface area (Å²) in [5.74, 6) is 0.588. The van der Waals surface area contributed by atoms with Crippen LogP contribution in [0.25, 0.3) is 11.3 Å². The summed E-state index contributed by atoms with van der Waals surface area (Å²) < 4.78 is 5.20. The van der Waals surface area contributed by atoms with Gasteiger partial charge in [0.25, 0.3) is 0 Å². The number of nitrogens with one attached hydrogen (secondary N) is 1. The van der Waals surface area contributed by atoms with Gasteiger partial charge in [0.05, 0.1) is 5.92 Å². The minimum Gasteiger partial charge on any atom is -0.449 e. The van der Waals surface area contributed by atoms with E-state index >= 15 is 0 Å². The van der Waals surface area contributed by atoms with Crippen molar-refractivity contribution < 1.29 is 9.21 Å². The monoisotopic (exact) mass is 285 g/mol. The first-order valence-corrected chi connectivity index (χ1v) is 7.22. The van der Waals surface area contributed by atoms with Gasteiger partial charge in [-0.25, -0.2) is 4.98 Å². The number of aromatic nitrogens is 1. The molecule has 1 aromatic carbocycles. The van der Waals surface area contributed by atoms with Crippen LogP contribution in [0.15, 0.2) is 34.9 Å². The number of anilines is 1. The first kappa shape index (κ1) is 13.8. The molecule has 2 unspecified atom stereocenters. The number of nitrogens with two attached hydrogens (primary N) is 1. The van der Waals surface area contributed by atoms with E-state index in [0.717, 1.165) is 36.2 Å². The van der Waals surface area contributed by atoms with E-state index in [2.05, 4.69) is 10.3 Å². The van der Waals surface area contributed by atoms with E-state index in [4.69, 9.17) is 10.2 Å². The van der Waals surface area contributed by atoms with Gasteiger partial charge in [0.2, 0.25) is 5.91 Å². The molecular weight excluding hydrogens is 266 g/mol. The molecule has 1 amide bonds. The Kier molecular flexibility index (Phi) is 3.75. The summed E-state index contributed by atoms with van der Waals surface area (Å²) in [5, 5.41) is 2.94. The lowest BCUT2D eigenvalue weighted by atomic mass is 10.0. The Morgan fingerprint density at radius 2 is 2.10 bits per heavy atom. The van der Waals surface area contributed by atoms with E-state index in [1.165, 1.54) is 0 Å². The van der Waals surface area contributed by atoms with Crippen LogP contribution in [-0.2, 0) is 4.79 Å². The van der Waals surface area contributed by atoms with E-state index in [0.29, 0.717) is 5.89 Å². The van der Waals surface area contributed by atoms with Crippen molar-refractivity contribution in [2.45, 2.75) is 32.2 Å². The van der Waals surface area contributed by atoms with Gasteiger partial charge in [-0.05, 0) is 25.0 Å². The fourth-order valence-electron chi connectivity index (χ4n) is 2.77. The molecule has 1 aliphatic carbocycles. The maximum absolute atomic E-state index is 12.2. The van der Waals surface area contributed by atoms with Crippen LogP contribution in [0.5, 0.6) is 0 Å². The van der Waals surface area contributed by atoms with Crippen molar-refractivity contribution in [2.24, 2.45) is 11.7 Å². The Hall–Kier alpha value is -2.14. The summed E-state index contributed by atoms with van der Waals surface area (Å²) >= 11 is 0. The molecule has 0 saturated heterocycles. The van der Waals surface area contributed by atoms with Crippen LogP contribution in [0.3, 0.4) is 0 Å². The molecule has 1 aliphatic rings. The van der Waals surface area contributed by atoms with Gasteiger partial charge in [-0.3, -0.25) is 4.79 Å². The molecule has 0 radical (unpaired) electrons. The quantitative estimate of drug-likeness (QED) is 0.908. The molecule has 1 heterocycles. The number of carbonyl (C=O) groups excluding carboxylic acids is 1. The Morgan fingerprint density at radius 1 is 1.33 bits per heavy atom. The number of amides is 1. The number of aryl methyl sites for hydroxylation is 1. The highest BCUT2D eigenvalue weighted by Crippen LogP contribution is 2.26. The molecule has 2 aromatic rings. The summed E-state index contributed by atoms with van der Waals surface area (Å²) in [4.78, 5) is 16.4. The minimum atomic E-state index is -0.0668. The van der Waals surface area contributed by atoms with Crippen LogP contribution in [-0.4, -0.2) is 16.9 Å². The fraction of sp³-hybridized carbons (Fsp3) is 0.375. The zero-order chi connectivity index (χ0) is 14.8. The first-order valence-electron chi connectivity index (χ1n) is 7.22. The van der Waals surface area contributed by atoms with Gasteiger partial charge in [-0.15, -0.1) is 0 Å². The number of oxazole rings is 1. The van der Waals surface area contributed by atoms with Crippen LogP contribution >= 0.6 is 0 Å². The number of hydrogen-bond donors (Lipinski definition) is 2. The van der Waals surface area contributed by atoms with Crippen LogP contribution in [0.4, 0.5) is 5.69 Å². The van der Waals surface area contributed by atoms with Gasteiger partial charge < -0.3 is 15.5 Å². The molecule has 5 heteroatoms. The zero-order valence-electron chi connectivity index (χ0n) is 12.0. The normalized spacial score (nSPS) is 21.4. The Bertz CT molecular complexity index is 633. The molecule has 2 atom stereocenters. The van der Waals surface area contributed by atoms with Gasteiger partial charge >= 0.3 is 0 Å². The second-order valence-corrected chi connectivity index (χ2v) is 5.52. The van der Waals surface area contributed by atoms with E-state index in [1.54, 1.807) is 6.26 Å². The number of carbonyl (C=O) groups is 1. The molecule has 0 bridgehead atoms. The summed E-state index contributed by atoms with van der Waals surface area (Å²) in [6.45, 7) is 1.81. The third kappa shape index (κ3) is 2.97. The van der Waals surface area contributed by atoms with Crippen LogP contribution in [0.1, 0.15) is 25.2 Å². The lowest BCUT2D eigenvalue weighted by molar-refractivity contribution is -0.120. The van der Waals surface area contributed by atoms with E-state index < -0.39 is 0 Å². The summed E-state index contributed by atoms with van der Waals surface area (Å²) in [6.07, 6.45) is 4.47. The van der Waals surface area contributed by atoms with E-state index in [1.807, 2.05) is 31.2 Å². The van der Waals surface area contributed by atoms with Gasteiger partial charge in [-0.2, -0.15) is 0 Å². The number of rotatable bonds is 3. The third-order valence-electron chi connectivity index (χ3n) is 3.97. The molecule has 110 valence electrons. The molecule has 1 fully saturated rings. The van der Waals surface area contributed by atoms with Crippen molar-refractivity contribution in [3.8, 4) is 11.3 Å². The lowest BCUT2D eigenvalue weighted by Crippen LogP contribution is -2.34. The number of benzene rings is 1. The molecule has 21 heavy (non-hydrogen) atoms. The molecule has 3 rings (SSSR count). The Balaban J connectivity index is 1.68. The van der Waals surface area contributed by atoms with E-state index in [-0.39, 0.29) is 17.9 Å². The topological polar surface area (TPSA) is 81.2 Å². The summed E-state index contributed by atoms with van der Waals surface area (Å²) in [5.41, 5.74) is 8.49. The van der Waals surface area contributed by atoms with Crippen LogP contribution in [0, 0.1) is 12.8 Å². The molecule has 1 aromatic heterocycles. The Labute approximate surface area is 123 Å². The van der Waals surface area contributed by atoms with Crippen LogP contribution < -0.4 is 11.1 Å². The highest BCUT2D eigenvalue weighted by molar-refractivity contribution is 5.93. The average Bonchev–Trinajstić information content (AvgIpc) is 3.08. The SMILES string of the molecule is Cc1nc(-c2ccc(NC(=O)C3CCCC3N)cc2)co1. The van der Waals surface area contributed by atoms with Crippen LogP contribution in [0.2, 0.25) is 0 Å². The summed E-state index contributed by atoms with van der Waals surface area (Å²) in [7, 11) is 0. The molecule has 0 aliphatic heterocycles. The highest BCUT2D eigenvalue weighted by atomic mass is 16.3. The smallest absolute Gasteiger partial charge is 0.229 e. The Morgan fingerprint density at radius 3 is 2.67 bits per heavy atom. The average molecular weight is 285 g/mol. The number of nitrogens with zero attached hydrogens (tertiary/aromatic N) is 1. The van der Waals surface area contributed by atoms with E-state index in [9.17, 15) is 4.79 Å². The predicted molar refractivity (Wildman–Crippen MR) is 80.6 cm³/mol. The number of hydrogen-bond acceptors (Lipinski definition) is 4. The second kappa shape index (κ2) is 5.69. The fourth-order valence-corrected chi connectivity index (χ4v) is 2.77. The van der Waals surface area contributed by atoms with Gasteiger partial charge in [-0.1, -0.05) is 18.6 Å². The van der Waals surface area contributed by atoms with Crippen molar-refractivity contribution in [2.75, 3.05) is 5.32 Å². The molecule has 0 spiro atoms. The van der Waals surface area contributed by atoms with Gasteiger partial charge in [0.15, 0.2) is 5.89 Å². The first-order chi connectivity index (χ1) is 10.1. The molecule has 5 nitrogen and oxygen atoms in total. The van der Waals surface area contributed by atoms with Crippen molar-refractivity contribution in [1.29, 1.82) is 0 Å². The predicted octanol–water partition coefficient (Wildman–Crippen LogP) is 2.72. The largest absolute Gasteiger partial charge is 0.449 e. The molecule has 1 saturated carbocycles. The summed E-state index contributed by atoms with van der Waals surface area (Å²) in [6, 6.07) is 7.57. The maximum atomic E-state index is 12.2. The maximum Gasteiger partial charge on any atom is 0.229 e. The standard InChI is InChI=1S/C16H19N3O2/c1-10-18-15(9-21-10)11-5-7-12(8-6-11)19-16(20)13-3-2-4-14(13)17/h5-9,13-14H,2-4,17H2,1H3,(H,19,20). The second-order valence-electron chi connectivity index (χ2n) is 5.52. The lowest BCUT2D eigenvalue weighted by Gasteiger charge is -2.15. The third-order valence-corrected chi connectivity index (χ3v) is 3.97. The van der Waals surface area contributed by atoms with Crippen molar-refractivity contribution >= 4 is 11.6 Å². The highest BCUT2D eigenvalue weighted by Gasteiger charge is 2.30. The molecular formula is C16H19N3O2.